The smallest absolute Gasteiger partial charge is 0.337 e. The molecule has 2 nitrogen and oxygen atoms in total. The fraction of sp³-hybridized carbons (Fsp3) is 0.833. The first-order chi connectivity index (χ1) is 4.93. The van der Waals surface area contributed by atoms with Crippen molar-refractivity contribution in [3.05, 3.63) is 0 Å². The first kappa shape index (κ1) is 10.8. The number of hydrogen-bond acceptors (Lipinski definition) is 1. The summed E-state index contributed by atoms with van der Waals surface area (Å²) in [5.41, 5.74) is 0. The second-order valence-corrected chi connectivity index (χ2v) is 2.97. The van der Waals surface area contributed by atoms with Crippen LogP contribution >= 0.6 is 15.9 Å². The monoisotopic (exact) mass is 229 g/mol. The van der Waals surface area contributed by atoms with Gasteiger partial charge in [0.1, 0.15) is 0 Å². The van der Waals surface area contributed by atoms with Gasteiger partial charge in [-0.15, -0.1) is 0 Å². The molecule has 11 heavy (non-hydrogen) atoms. The summed E-state index contributed by atoms with van der Waals surface area (Å²) in [7, 11) is 0. The summed E-state index contributed by atoms with van der Waals surface area (Å²) in [5, 5.41) is 0. The average molecular weight is 230 g/mol. The van der Waals surface area contributed by atoms with E-state index >= 15 is 0 Å². The van der Waals surface area contributed by atoms with Crippen molar-refractivity contribution in [1.82, 2.24) is 4.90 Å². The topological polar surface area (TPSA) is 20.3 Å². The van der Waals surface area contributed by atoms with Crippen molar-refractivity contribution >= 4 is 21.8 Å². The van der Waals surface area contributed by atoms with Crippen molar-refractivity contribution in [1.29, 1.82) is 0 Å². The van der Waals surface area contributed by atoms with Crippen molar-refractivity contribution in [2.75, 3.05) is 13.1 Å². The van der Waals surface area contributed by atoms with Crippen LogP contribution in [0, 0.1) is 0 Å². The van der Waals surface area contributed by atoms with Gasteiger partial charge >= 0.3 is 10.7 Å². The Bertz CT molecular complexity index is 142. The lowest BCUT2D eigenvalue weighted by molar-refractivity contribution is -0.145. The van der Waals surface area contributed by atoms with E-state index < -0.39 is 10.7 Å². The van der Waals surface area contributed by atoms with Crippen LogP contribution in [0.1, 0.15) is 13.8 Å². The van der Waals surface area contributed by atoms with E-state index in [1.807, 2.05) is 15.9 Å². The largest absolute Gasteiger partial charge is 0.377 e. The van der Waals surface area contributed by atoms with Crippen molar-refractivity contribution in [3.63, 3.8) is 0 Å². The molecule has 0 aliphatic heterocycles. The number of rotatable bonds is 3. The summed E-state index contributed by atoms with van der Waals surface area (Å²) in [6.45, 7) is 3.91. The van der Waals surface area contributed by atoms with Gasteiger partial charge in [-0.25, -0.2) is 0 Å². The minimum atomic E-state index is -3.42. The van der Waals surface area contributed by atoms with Crippen LogP contribution in [0.15, 0.2) is 0 Å². The average Bonchev–Trinajstić information content (AvgIpc) is 1.88. The number of carbonyl (C=O) groups excluding carboxylic acids is 1. The Hall–Kier alpha value is -0.190. The van der Waals surface area contributed by atoms with Crippen LogP contribution in [0.2, 0.25) is 0 Å². The van der Waals surface area contributed by atoms with Crippen molar-refractivity contribution in [3.8, 4) is 0 Å². The fourth-order valence-corrected chi connectivity index (χ4v) is 0.941. The molecule has 0 atom stereocenters. The number of halogens is 3. The zero-order chi connectivity index (χ0) is 9.07. The first-order valence-electron chi connectivity index (χ1n) is 3.29. The van der Waals surface area contributed by atoms with Gasteiger partial charge in [0, 0.05) is 29.0 Å². The molecule has 0 saturated heterocycles. The molecule has 0 bridgehead atoms. The van der Waals surface area contributed by atoms with Gasteiger partial charge in [-0.1, -0.05) is 0 Å². The highest BCUT2D eigenvalue weighted by atomic mass is 79.9. The molecule has 0 aromatic carbocycles. The number of carbonyl (C=O) groups is 1. The van der Waals surface area contributed by atoms with E-state index in [2.05, 4.69) is 0 Å². The Morgan fingerprint density at radius 1 is 1.45 bits per heavy atom. The minimum Gasteiger partial charge on any atom is -0.337 e. The maximum absolute atomic E-state index is 12.3. The summed E-state index contributed by atoms with van der Waals surface area (Å²) >= 11 is 2.00. The predicted octanol–water partition coefficient (Wildman–Crippen LogP) is 1.84. The molecule has 0 aliphatic rings. The van der Waals surface area contributed by atoms with Gasteiger partial charge in [-0.05, 0) is 13.8 Å². The summed E-state index contributed by atoms with van der Waals surface area (Å²) < 4.78 is 24.5. The highest BCUT2D eigenvalue weighted by molar-refractivity contribution is 9.10. The third kappa shape index (κ3) is 3.14. The van der Waals surface area contributed by atoms with Gasteiger partial charge < -0.3 is 4.90 Å². The van der Waals surface area contributed by atoms with E-state index in [4.69, 9.17) is 0 Å². The van der Waals surface area contributed by atoms with E-state index in [-0.39, 0.29) is 0 Å². The van der Waals surface area contributed by atoms with Crippen LogP contribution in [0.25, 0.3) is 0 Å². The Labute approximate surface area is 72.7 Å². The van der Waals surface area contributed by atoms with Crippen molar-refractivity contribution in [2.24, 2.45) is 0 Å². The Kier molecular flexibility index (Phi) is 3.92. The SMILES string of the molecule is CCN(CC)C(=O)C(F)(F)Br. The number of nitrogens with zero attached hydrogens (tertiary/aromatic N) is 1. The normalized spacial score (nSPS) is 11.4. The molecule has 0 unspecified atom stereocenters. The molecule has 5 heteroatoms. The van der Waals surface area contributed by atoms with Crippen LogP contribution in [-0.2, 0) is 4.79 Å². The number of amides is 1. The number of alkyl halides is 3. The van der Waals surface area contributed by atoms with Gasteiger partial charge in [-0.2, -0.15) is 8.78 Å². The lowest BCUT2D eigenvalue weighted by Gasteiger charge is -2.20. The van der Waals surface area contributed by atoms with E-state index in [0.717, 1.165) is 4.90 Å². The van der Waals surface area contributed by atoms with Crippen molar-refractivity contribution in [2.45, 2.75) is 18.7 Å². The molecule has 0 radical (unpaired) electrons. The summed E-state index contributed by atoms with van der Waals surface area (Å²) in [6, 6.07) is 0. The van der Waals surface area contributed by atoms with Crippen LogP contribution in [0.3, 0.4) is 0 Å². The highest BCUT2D eigenvalue weighted by Crippen LogP contribution is 2.23. The molecule has 0 heterocycles. The second kappa shape index (κ2) is 3.99. The molecule has 0 saturated carbocycles. The molecule has 66 valence electrons. The summed E-state index contributed by atoms with van der Waals surface area (Å²) in [6.07, 6.45) is 0. The van der Waals surface area contributed by atoms with E-state index in [1.54, 1.807) is 13.8 Å². The third-order valence-electron chi connectivity index (χ3n) is 1.29. The standard InChI is InChI=1S/C6H10BrF2NO/c1-3-10(4-2)5(11)6(7,8)9/h3-4H2,1-2H3. The molecule has 0 fully saturated rings. The summed E-state index contributed by atoms with van der Waals surface area (Å²) in [5.74, 6) is -1.18. The fourth-order valence-electron chi connectivity index (χ4n) is 0.690. The lowest BCUT2D eigenvalue weighted by Crippen LogP contribution is -2.39. The zero-order valence-electron chi connectivity index (χ0n) is 6.40. The molecule has 1 amide bonds. The van der Waals surface area contributed by atoms with Crippen LogP contribution < -0.4 is 0 Å². The molecular formula is C6H10BrF2NO. The maximum atomic E-state index is 12.3. The Balaban J connectivity index is 4.22. The predicted molar refractivity (Wildman–Crippen MR) is 41.8 cm³/mol. The molecule has 0 aliphatic carbocycles. The van der Waals surface area contributed by atoms with Crippen molar-refractivity contribution < 1.29 is 13.6 Å². The van der Waals surface area contributed by atoms with Gasteiger partial charge in [-0.3, -0.25) is 4.79 Å². The molecule has 0 rings (SSSR count). The van der Waals surface area contributed by atoms with Crippen LogP contribution in [0.5, 0.6) is 0 Å². The maximum Gasteiger partial charge on any atom is 0.377 e. The van der Waals surface area contributed by atoms with Gasteiger partial charge in [0.25, 0.3) is 0 Å². The van der Waals surface area contributed by atoms with E-state index in [1.165, 1.54) is 0 Å². The van der Waals surface area contributed by atoms with Crippen LogP contribution in [0.4, 0.5) is 8.78 Å². The second-order valence-electron chi connectivity index (χ2n) is 1.98. The molecule has 0 aromatic rings. The third-order valence-corrected chi connectivity index (χ3v) is 1.63. The Morgan fingerprint density at radius 3 is 1.91 bits per heavy atom. The quantitative estimate of drug-likeness (QED) is 0.677. The van der Waals surface area contributed by atoms with E-state index in [0.29, 0.717) is 13.1 Å². The van der Waals surface area contributed by atoms with Gasteiger partial charge in [0.05, 0.1) is 0 Å². The van der Waals surface area contributed by atoms with Crippen LogP contribution in [-0.4, -0.2) is 28.7 Å². The molecule has 0 aromatic heterocycles. The highest BCUT2D eigenvalue weighted by Gasteiger charge is 2.37. The van der Waals surface area contributed by atoms with E-state index in [9.17, 15) is 13.6 Å². The number of hydrogen-bond donors (Lipinski definition) is 0. The molecular weight excluding hydrogens is 220 g/mol. The summed E-state index contributed by atoms with van der Waals surface area (Å²) in [4.78, 5) is 8.40. The Morgan fingerprint density at radius 2 is 1.82 bits per heavy atom. The minimum absolute atomic E-state index is 0.302. The van der Waals surface area contributed by atoms with Gasteiger partial charge in [0.15, 0.2) is 0 Å². The first-order valence-corrected chi connectivity index (χ1v) is 4.08. The zero-order valence-corrected chi connectivity index (χ0v) is 7.99. The lowest BCUT2D eigenvalue weighted by atomic mass is 10.4. The molecule has 0 spiro atoms. The van der Waals surface area contributed by atoms with Gasteiger partial charge in [0.2, 0.25) is 0 Å². The molecule has 0 N–H and O–H groups in total.